The van der Waals surface area contributed by atoms with Gasteiger partial charge in [0.1, 0.15) is 0 Å². The fraction of sp³-hybridized carbons (Fsp3) is 0.379. The van der Waals surface area contributed by atoms with Crippen LogP contribution in [0.5, 0.6) is 0 Å². The van der Waals surface area contributed by atoms with Crippen molar-refractivity contribution in [2.75, 3.05) is 26.2 Å². The average Bonchev–Trinajstić information content (AvgIpc) is 3.40. The molecule has 4 atom stereocenters. The molecule has 10 nitrogen and oxygen atoms in total. The molecule has 0 unspecified atom stereocenters. The fourth-order valence-corrected chi connectivity index (χ4v) is 6.81. The molecule has 2 saturated heterocycles. The van der Waals surface area contributed by atoms with Crippen molar-refractivity contribution in [1.82, 2.24) is 30.2 Å². The Morgan fingerprint density at radius 2 is 1.14 bits per heavy atom. The third-order valence-corrected chi connectivity index (χ3v) is 8.48. The first kappa shape index (κ1) is 34.6. The monoisotopic (exact) mass is 626 g/mol. The predicted octanol–water partition coefficient (Wildman–Crippen LogP) is -3.04. The van der Waals surface area contributed by atoms with Gasteiger partial charge < -0.3 is 21.8 Å². The maximum absolute atomic E-state index is 12.7. The molecule has 2 fully saturated rings. The van der Waals surface area contributed by atoms with Crippen LogP contribution in [0.3, 0.4) is 0 Å². The van der Waals surface area contributed by atoms with Gasteiger partial charge in [0.25, 0.3) is 6.47 Å². The second-order valence-corrected chi connectivity index (χ2v) is 10.9. The van der Waals surface area contributed by atoms with E-state index in [4.69, 9.17) is 10.1 Å². The van der Waals surface area contributed by atoms with Crippen LogP contribution >= 0.6 is 0 Å². The minimum atomic E-state index is -4.81. The van der Waals surface area contributed by atoms with Crippen LogP contribution in [0, 0.1) is 0 Å². The van der Waals surface area contributed by atoms with Crippen molar-refractivity contribution in [3.63, 3.8) is 0 Å². The summed E-state index contributed by atoms with van der Waals surface area (Å²) in [5, 5.41) is 11.9. The SMILES string of the molecule is O=C(N1C[C@H]2C[C@@H](C1)c1cc3nccnc3cc12)C(F)(F)F.O=CO[O-].[H-].[Na+].[Na+].c1cnc2cc3c(cc2n1)[C@@H]1CNC[C@H]3C1. The summed E-state index contributed by atoms with van der Waals surface area (Å²) in [6, 6.07) is 8.30. The van der Waals surface area contributed by atoms with E-state index in [-0.39, 0.29) is 91.9 Å². The number of amides is 1. The zero-order chi connectivity index (χ0) is 29.4. The van der Waals surface area contributed by atoms with Crippen LogP contribution in [0.2, 0.25) is 0 Å². The van der Waals surface area contributed by atoms with Gasteiger partial charge in [-0.15, -0.1) is 0 Å². The molecule has 2 aromatic heterocycles. The molecular weight excluding hydrogens is 599 g/mol. The van der Waals surface area contributed by atoms with Crippen molar-refractivity contribution >= 4 is 34.4 Å². The maximum Gasteiger partial charge on any atom is 1.00 e. The van der Waals surface area contributed by atoms with Crippen molar-refractivity contribution in [3.05, 3.63) is 71.3 Å². The first-order valence-electron chi connectivity index (χ1n) is 13.5. The molecule has 15 heteroatoms. The van der Waals surface area contributed by atoms with Gasteiger partial charge in [0.15, 0.2) is 0 Å². The summed E-state index contributed by atoms with van der Waals surface area (Å²) in [4.78, 5) is 41.0. The molecule has 2 aromatic carbocycles. The van der Waals surface area contributed by atoms with Crippen molar-refractivity contribution in [2.45, 2.75) is 42.7 Å². The Morgan fingerprint density at radius 1 is 0.795 bits per heavy atom. The molecule has 4 bridgehead atoms. The quantitative estimate of drug-likeness (QED) is 0.101. The molecular formula is C29H27F3N6Na2O4. The number of halogens is 3. The summed E-state index contributed by atoms with van der Waals surface area (Å²) in [6.45, 7) is 2.30. The van der Waals surface area contributed by atoms with Crippen LogP contribution in [0.15, 0.2) is 49.1 Å². The van der Waals surface area contributed by atoms with Gasteiger partial charge in [-0.05, 0) is 71.2 Å². The van der Waals surface area contributed by atoms with Crippen LogP contribution in [0.1, 0.15) is 60.2 Å². The number of likely N-dealkylation sites (tertiary alicyclic amines) is 1. The van der Waals surface area contributed by atoms with E-state index in [2.05, 4.69) is 42.3 Å². The van der Waals surface area contributed by atoms with E-state index in [1.807, 2.05) is 12.1 Å². The van der Waals surface area contributed by atoms with Crippen LogP contribution in [-0.2, 0) is 14.5 Å². The Morgan fingerprint density at radius 3 is 1.48 bits per heavy atom. The Balaban J connectivity index is 0.000000213. The first-order valence-corrected chi connectivity index (χ1v) is 13.5. The van der Waals surface area contributed by atoms with Gasteiger partial charge in [-0.2, -0.15) is 13.2 Å². The maximum atomic E-state index is 12.7. The summed E-state index contributed by atoms with van der Waals surface area (Å²) >= 11 is 0. The van der Waals surface area contributed by atoms with Crippen LogP contribution in [-0.4, -0.2) is 69.6 Å². The molecule has 0 saturated carbocycles. The van der Waals surface area contributed by atoms with Gasteiger partial charge >= 0.3 is 71.2 Å². The van der Waals surface area contributed by atoms with Crippen molar-refractivity contribution in [2.24, 2.45) is 0 Å². The number of hydrogen-bond acceptors (Lipinski definition) is 9. The number of nitrogens with one attached hydrogen (secondary N) is 1. The number of rotatable bonds is 1. The topological polar surface area (TPSA) is 133 Å². The van der Waals surface area contributed by atoms with E-state index in [0.29, 0.717) is 11.8 Å². The summed E-state index contributed by atoms with van der Waals surface area (Å²) in [5.74, 6) is -0.450. The third kappa shape index (κ3) is 6.95. The standard InChI is InChI=1S/C15H12F3N3O.C13H13N3.CH2O3.2Na.H/c16-15(17,18)14(22)21-6-8-3-9(7-21)11-5-13-12(4-10(8)11)19-1-2-20-13;1-2-16-13-5-11-9-3-8(6-14-7-9)10(11)4-12(13)15-1;2-1-4-3;;;/h1-2,4-5,8-9H,3,6-7H2;1-2,4-5,8-9,14H,3,6-7H2;1,3H;;;/q;;;2*+1;-1/p-1/t2*8-,9+;;;;. The molecule has 2 aliphatic carbocycles. The summed E-state index contributed by atoms with van der Waals surface area (Å²) in [5.41, 5.74) is 8.57. The Kier molecular flexibility index (Phi) is 11.4. The first-order chi connectivity index (χ1) is 20.3. The number of carbonyl (C=O) groups excluding carboxylic acids is 2. The molecule has 2 aliphatic heterocycles. The van der Waals surface area contributed by atoms with Gasteiger partial charge in [0.2, 0.25) is 0 Å². The van der Waals surface area contributed by atoms with Crippen LogP contribution in [0.4, 0.5) is 13.2 Å². The van der Waals surface area contributed by atoms with E-state index in [0.717, 1.165) is 57.6 Å². The number of aromatic nitrogens is 4. The van der Waals surface area contributed by atoms with Gasteiger partial charge in [-0.3, -0.25) is 29.5 Å². The molecule has 1 N–H and O–H groups in total. The summed E-state index contributed by atoms with van der Waals surface area (Å²) < 4.78 is 38.0. The van der Waals surface area contributed by atoms with Gasteiger partial charge in [-0.1, -0.05) is 0 Å². The van der Waals surface area contributed by atoms with Gasteiger partial charge in [0.05, 0.1) is 22.1 Å². The molecule has 4 aromatic rings. The van der Waals surface area contributed by atoms with E-state index < -0.39 is 12.1 Å². The minimum absolute atomic E-state index is 0. The third-order valence-electron chi connectivity index (χ3n) is 8.48. The number of carbonyl (C=O) groups is 2. The molecule has 220 valence electrons. The molecule has 1 amide bonds. The number of hydrogen-bond donors (Lipinski definition) is 1. The van der Waals surface area contributed by atoms with E-state index >= 15 is 0 Å². The zero-order valence-corrected chi connectivity index (χ0v) is 28.3. The number of piperidine rings is 2. The molecule has 0 radical (unpaired) electrons. The molecule has 4 heterocycles. The largest absolute Gasteiger partial charge is 1.00 e. The second-order valence-electron chi connectivity index (χ2n) is 10.9. The summed E-state index contributed by atoms with van der Waals surface area (Å²) in [7, 11) is 0. The molecule has 0 spiro atoms. The molecule has 4 aliphatic rings. The van der Waals surface area contributed by atoms with E-state index in [1.165, 1.54) is 17.5 Å². The molecule has 44 heavy (non-hydrogen) atoms. The Hall–Kier alpha value is -2.23. The van der Waals surface area contributed by atoms with Crippen LogP contribution < -0.4 is 69.7 Å². The number of fused-ring (bicyclic) bond motifs is 12. The Bertz CT molecular complexity index is 1570. The fourth-order valence-electron chi connectivity index (χ4n) is 6.81. The van der Waals surface area contributed by atoms with Crippen LogP contribution in [0.25, 0.3) is 22.1 Å². The van der Waals surface area contributed by atoms with Crippen molar-refractivity contribution in [3.8, 4) is 0 Å². The minimum Gasteiger partial charge on any atom is -1.00 e. The smallest absolute Gasteiger partial charge is 1.00 e. The van der Waals surface area contributed by atoms with Crippen molar-refractivity contribution in [1.29, 1.82) is 0 Å². The van der Waals surface area contributed by atoms with Crippen molar-refractivity contribution < 1.29 is 93.4 Å². The molecule has 8 rings (SSSR count). The average molecular weight is 627 g/mol. The number of benzene rings is 2. The number of alkyl halides is 3. The van der Waals surface area contributed by atoms with E-state index in [1.54, 1.807) is 24.8 Å². The van der Waals surface area contributed by atoms with Gasteiger partial charge in [0, 0.05) is 62.8 Å². The number of nitrogens with zero attached hydrogens (tertiary/aromatic N) is 5. The zero-order valence-electron chi connectivity index (χ0n) is 25.3. The second kappa shape index (κ2) is 14.5. The van der Waals surface area contributed by atoms with Gasteiger partial charge in [-0.25, -0.2) is 0 Å². The predicted molar refractivity (Wildman–Crippen MR) is 143 cm³/mol. The van der Waals surface area contributed by atoms with E-state index in [9.17, 15) is 18.0 Å². The normalized spacial score (nSPS) is 22.1. The summed E-state index contributed by atoms with van der Waals surface area (Å²) in [6.07, 6.45) is 4.01. The Labute approximate surface area is 296 Å².